The first-order valence-corrected chi connectivity index (χ1v) is 19.8. The first kappa shape index (κ1) is 46.6. The lowest BCUT2D eigenvalue weighted by Gasteiger charge is -2.12. The Kier molecular flexibility index (Phi) is 35.0. The van der Waals surface area contributed by atoms with Crippen molar-refractivity contribution in [3.05, 3.63) is 60.8 Å². The van der Waals surface area contributed by atoms with E-state index in [0.29, 0.717) is 19.3 Å². The molecule has 0 aliphatic rings. The van der Waals surface area contributed by atoms with E-state index in [1.165, 1.54) is 77.0 Å². The molecule has 282 valence electrons. The Balaban J connectivity index is 3.62. The molecular weight excluding hydrogens is 612 g/mol. The third-order valence-corrected chi connectivity index (χ3v) is 8.30. The van der Waals surface area contributed by atoms with Crippen molar-refractivity contribution in [3.63, 3.8) is 0 Å². The van der Waals surface area contributed by atoms with Crippen molar-refractivity contribution < 1.29 is 29.3 Å². The van der Waals surface area contributed by atoms with E-state index < -0.39 is 18.2 Å². The largest absolute Gasteiger partial charge is 0.463 e. The van der Waals surface area contributed by atoms with Crippen molar-refractivity contribution in [3.8, 4) is 0 Å². The topological polar surface area (TPSA) is 93.1 Å². The highest BCUT2D eigenvalue weighted by Crippen LogP contribution is 2.15. The second-order valence-electron chi connectivity index (χ2n) is 13.7. The molecule has 2 atom stereocenters. The van der Waals surface area contributed by atoms with Crippen LogP contribution in [-0.2, 0) is 19.1 Å². The molecule has 6 heteroatoms. The second-order valence-corrected chi connectivity index (χ2v) is 13.7. The van der Waals surface area contributed by atoms with Crippen LogP contribution in [0.15, 0.2) is 60.8 Å². The van der Waals surface area contributed by atoms with Gasteiger partial charge in [0.1, 0.15) is 19.3 Å². The van der Waals surface area contributed by atoms with Crippen molar-refractivity contribution in [1.29, 1.82) is 0 Å². The Bertz CT molecular complexity index is 900. The maximum atomic E-state index is 12.0. The maximum absolute atomic E-state index is 12.0. The van der Waals surface area contributed by atoms with Gasteiger partial charge in [-0.2, -0.15) is 0 Å². The molecule has 0 aromatic carbocycles. The van der Waals surface area contributed by atoms with Gasteiger partial charge in [-0.3, -0.25) is 9.59 Å². The number of rotatable bonds is 34. The summed E-state index contributed by atoms with van der Waals surface area (Å²) in [6.45, 7) is 6.36. The minimum absolute atomic E-state index is 0.153. The Morgan fingerprint density at radius 3 is 1.45 bits per heavy atom. The number of hydrogen-bond acceptors (Lipinski definition) is 6. The highest BCUT2D eigenvalue weighted by molar-refractivity contribution is 5.69. The predicted molar refractivity (Wildman–Crippen MR) is 206 cm³/mol. The van der Waals surface area contributed by atoms with Crippen molar-refractivity contribution in [2.75, 3.05) is 13.2 Å². The van der Waals surface area contributed by atoms with Crippen LogP contribution in [0.4, 0.5) is 0 Å². The predicted octanol–water partition coefficient (Wildman–Crippen LogP) is 11.2. The monoisotopic (exact) mass is 687 g/mol. The minimum atomic E-state index is -1.04. The summed E-state index contributed by atoms with van der Waals surface area (Å²) in [6, 6.07) is 0. The molecular formula is C43H74O6. The average Bonchev–Trinajstić information content (AvgIpc) is 3.08. The van der Waals surface area contributed by atoms with Crippen LogP contribution in [0.2, 0.25) is 0 Å². The zero-order valence-corrected chi connectivity index (χ0v) is 31.7. The van der Waals surface area contributed by atoms with Gasteiger partial charge >= 0.3 is 11.9 Å². The van der Waals surface area contributed by atoms with E-state index in [4.69, 9.17) is 9.47 Å². The van der Waals surface area contributed by atoms with Gasteiger partial charge in [-0.1, -0.05) is 171 Å². The summed E-state index contributed by atoms with van der Waals surface area (Å²) in [5, 5.41) is 20.1. The van der Waals surface area contributed by atoms with Gasteiger partial charge in [0.05, 0.1) is 6.10 Å². The van der Waals surface area contributed by atoms with E-state index in [1.54, 1.807) is 6.08 Å². The van der Waals surface area contributed by atoms with Gasteiger partial charge in [0, 0.05) is 12.8 Å². The highest BCUT2D eigenvalue weighted by atomic mass is 16.6. The van der Waals surface area contributed by atoms with Crippen LogP contribution in [-0.4, -0.2) is 47.6 Å². The number of ether oxygens (including phenoxy) is 2. The van der Waals surface area contributed by atoms with E-state index in [0.717, 1.165) is 50.9 Å². The van der Waals surface area contributed by atoms with Crippen LogP contribution < -0.4 is 0 Å². The van der Waals surface area contributed by atoms with Gasteiger partial charge < -0.3 is 19.7 Å². The number of allylic oxidation sites excluding steroid dienone is 9. The van der Waals surface area contributed by atoms with Gasteiger partial charge in [0.2, 0.25) is 0 Å². The molecule has 0 amide bonds. The summed E-state index contributed by atoms with van der Waals surface area (Å²) in [4.78, 5) is 24.0. The number of aliphatic hydroxyl groups is 2. The molecule has 49 heavy (non-hydrogen) atoms. The normalized spacial score (nSPS) is 13.6. The molecule has 0 aliphatic heterocycles. The van der Waals surface area contributed by atoms with E-state index in [2.05, 4.69) is 57.2 Å². The third-order valence-electron chi connectivity index (χ3n) is 8.30. The van der Waals surface area contributed by atoms with Crippen molar-refractivity contribution >= 4 is 11.9 Å². The van der Waals surface area contributed by atoms with Crippen LogP contribution >= 0.6 is 0 Å². The van der Waals surface area contributed by atoms with Gasteiger partial charge in [-0.25, -0.2) is 0 Å². The lowest BCUT2D eigenvalue weighted by atomic mass is 10.0. The number of carbonyl (C=O) groups excluding carboxylic acids is 2. The van der Waals surface area contributed by atoms with Crippen LogP contribution in [0, 0.1) is 5.92 Å². The summed E-state index contributed by atoms with van der Waals surface area (Å²) in [7, 11) is 0. The smallest absolute Gasteiger partial charge is 0.305 e. The summed E-state index contributed by atoms with van der Waals surface area (Å²) >= 11 is 0. The molecule has 0 saturated heterocycles. The van der Waals surface area contributed by atoms with Crippen LogP contribution in [0.1, 0.15) is 168 Å². The van der Waals surface area contributed by atoms with Crippen LogP contribution in [0.5, 0.6) is 0 Å². The fourth-order valence-corrected chi connectivity index (χ4v) is 5.30. The molecule has 2 N–H and O–H groups in total. The van der Waals surface area contributed by atoms with E-state index >= 15 is 0 Å². The lowest BCUT2D eigenvalue weighted by molar-refractivity contribution is -0.152. The van der Waals surface area contributed by atoms with Crippen molar-refractivity contribution in [2.24, 2.45) is 5.92 Å². The number of hydrogen-bond donors (Lipinski definition) is 2. The first-order chi connectivity index (χ1) is 23.8. The molecule has 0 rings (SSSR count). The standard InChI is InChI=1S/C43H74O6/c1-4-5-6-7-8-9-10-13-17-20-23-26-29-33-40(44)34-31-36-43(47)49-38-41(45)37-48-42(46)35-30-27-24-21-18-15-12-11-14-16-19-22-25-28-32-39(2)3/h5-6,8-9,13,17,23,26,29,33,39-41,44-45H,4,7,10-12,14-16,18-22,24-25,27-28,30-32,34-38H2,1-3H3/b6-5-,9-8-,17-13-,26-23-,33-29+/t40?,41-/m1/s1. The fraction of sp³-hybridized carbons (Fsp3) is 0.721. The Morgan fingerprint density at radius 2 is 0.959 bits per heavy atom. The fourth-order valence-electron chi connectivity index (χ4n) is 5.30. The Morgan fingerprint density at radius 1 is 0.531 bits per heavy atom. The molecule has 0 spiro atoms. The maximum Gasteiger partial charge on any atom is 0.305 e. The molecule has 0 aromatic rings. The van der Waals surface area contributed by atoms with Gasteiger partial charge in [-0.05, 0) is 50.9 Å². The number of aliphatic hydroxyl groups excluding tert-OH is 2. The number of unbranched alkanes of at least 4 members (excludes halogenated alkanes) is 13. The average molecular weight is 687 g/mol. The second kappa shape index (κ2) is 36.8. The number of esters is 2. The minimum Gasteiger partial charge on any atom is -0.463 e. The lowest BCUT2D eigenvalue weighted by Crippen LogP contribution is -2.25. The first-order valence-electron chi connectivity index (χ1n) is 19.8. The third kappa shape index (κ3) is 38.2. The molecule has 1 unspecified atom stereocenters. The van der Waals surface area contributed by atoms with E-state index in [-0.39, 0.29) is 25.6 Å². The molecule has 0 heterocycles. The Labute approximate surface area is 301 Å². The summed E-state index contributed by atoms with van der Waals surface area (Å²) < 4.78 is 10.2. The van der Waals surface area contributed by atoms with Gasteiger partial charge in [-0.15, -0.1) is 0 Å². The Hall–Kier alpha value is -2.44. The van der Waals surface area contributed by atoms with Crippen molar-refractivity contribution in [1.82, 2.24) is 0 Å². The molecule has 6 nitrogen and oxygen atoms in total. The van der Waals surface area contributed by atoms with E-state index in [1.807, 2.05) is 18.2 Å². The zero-order valence-electron chi connectivity index (χ0n) is 31.7. The highest BCUT2D eigenvalue weighted by Gasteiger charge is 2.12. The summed E-state index contributed by atoms with van der Waals surface area (Å²) in [5.41, 5.74) is 0. The van der Waals surface area contributed by atoms with Crippen molar-refractivity contribution in [2.45, 2.75) is 181 Å². The summed E-state index contributed by atoms with van der Waals surface area (Å²) in [5.74, 6) is 0.0793. The SMILES string of the molecule is CC/C=C\C/C=C\C/C=C\C/C=C\C=C\C(O)CCCC(=O)OC[C@H](O)COC(=O)CCCCCCCCCCCCCCCCC(C)C. The molecule has 0 aromatic heterocycles. The molecule has 0 fully saturated rings. The zero-order chi connectivity index (χ0) is 36.0. The molecule has 0 saturated carbocycles. The molecule has 0 aliphatic carbocycles. The van der Waals surface area contributed by atoms with E-state index in [9.17, 15) is 19.8 Å². The van der Waals surface area contributed by atoms with Crippen LogP contribution in [0.25, 0.3) is 0 Å². The van der Waals surface area contributed by atoms with Crippen LogP contribution in [0.3, 0.4) is 0 Å². The van der Waals surface area contributed by atoms with Gasteiger partial charge in [0.25, 0.3) is 0 Å². The summed E-state index contributed by atoms with van der Waals surface area (Å²) in [6.07, 6.45) is 43.1. The molecule has 0 bridgehead atoms. The van der Waals surface area contributed by atoms with Gasteiger partial charge in [0.15, 0.2) is 0 Å². The number of carbonyl (C=O) groups is 2. The molecule has 0 radical (unpaired) electrons. The quantitative estimate of drug-likeness (QED) is 0.0303.